The second-order valence-electron chi connectivity index (χ2n) is 8.95. The number of para-hydroxylation sites is 2. The molecule has 0 aromatic heterocycles. The fourth-order valence-corrected chi connectivity index (χ4v) is 3.78. The normalized spacial score (nSPS) is 11.9. The van der Waals surface area contributed by atoms with Crippen LogP contribution in [0.15, 0.2) is 78.9 Å². The first-order chi connectivity index (χ1) is 17.3. The van der Waals surface area contributed by atoms with Gasteiger partial charge < -0.3 is 19.5 Å². The Labute approximate surface area is 213 Å². The number of carbonyl (C=O) groups excluding carboxylic acids is 2. The van der Waals surface area contributed by atoms with Crippen LogP contribution in [0.3, 0.4) is 0 Å². The number of benzene rings is 3. The molecule has 6 nitrogen and oxygen atoms in total. The Bertz CT molecular complexity index is 1130. The van der Waals surface area contributed by atoms with Gasteiger partial charge in [0.2, 0.25) is 11.7 Å². The summed E-state index contributed by atoms with van der Waals surface area (Å²) in [5.41, 5.74) is 2.17. The first-order valence-electron chi connectivity index (χ1n) is 12.4. The third-order valence-corrected chi connectivity index (χ3v) is 5.68. The molecule has 3 rings (SSSR count). The van der Waals surface area contributed by atoms with Crippen LogP contribution >= 0.6 is 0 Å². The number of rotatable bonds is 12. The molecule has 3 aromatic rings. The highest BCUT2D eigenvalue weighted by Crippen LogP contribution is 2.26. The van der Waals surface area contributed by atoms with E-state index in [1.54, 1.807) is 31.2 Å². The maximum atomic E-state index is 12.6. The van der Waals surface area contributed by atoms with Crippen molar-refractivity contribution in [1.82, 2.24) is 5.32 Å². The second kappa shape index (κ2) is 12.8. The van der Waals surface area contributed by atoms with Gasteiger partial charge in [-0.2, -0.15) is 0 Å². The minimum Gasteiger partial charge on any atom is -0.453 e. The first kappa shape index (κ1) is 26.8. The van der Waals surface area contributed by atoms with Crippen molar-refractivity contribution in [3.8, 4) is 17.2 Å². The van der Waals surface area contributed by atoms with Crippen LogP contribution in [0.5, 0.6) is 17.2 Å². The van der Waals surface area contributed by atoms with Crippen LogP contribution in [0, 0.1) is 5.92 Å². The highest BCUT2D eigenvalue weighted by molar-refractivity contribution is 5.98. The van der Waals surface area contributed by atoms with Crippen molar-refractivity contribution < 1.29 is 23.8 Å². The minimum atomic E-state index is -0.846. The van der Waals surface area contributed by atoms with Crippen LogP contribution in [-0.4, -0.2) is 24.2 Å². The molecule has 0 bridgehead atoms. The molecule has 0 spiro atoms. The molecule has 1 amide bonds. The smallest absolute Gasteiger partial charge is 0.323 e. The summed E-state index contributed by atoms with van der Waals surface area (Å²) >= 11 is 0. The number of amides is 1. The van der Waals surface area contributed by atoms with Crippen molar-refractivity contribution >= 4 is 11.9 Å². The van der Waals surface area contributed by atoms with Gasteiger partial charge in [0.15, 0.2) is 0 Å². The molecule has 190 valence electrons. The number of nitrogens with one attached hydrogen (secondary N) is 1. The van der Waals surface area contributed by atoms with Crippen molar-refractivity contribution in [2.45, 2.75) is 52.7 Å². The predicted molar refractivity (Wildman–Crippen MR) is 140 cm³/mol. The summed E-state index contributed by atoms with van der Waals surface area (Å²) in [5.74, 6) is -0.629. The Morgan fingerprint density at radius 3 is 2.17 bits per heavy atom. The summed E-state index contributed by atoms with van der Waals surface area (Å²) in [6.45, 7) is 8.07. The van der Waals surface area contributed by atoms with Gasteiger partial charge >= 0.3 is 5.97 Å². The summed E-state index contributed by atoms with van der Waals surface area (Å²) in [4.78, 5) is 25.0. The van der Waals surface area contributed by atoms with E-state index in [9.17, 15) is 9.59 Å². The van der Waals surface area contributed by atoms with Crippen LogP contribution in [0.4, 0.5) is 0 Å². The van der Waals surface area contributed by atoms with E-state index in [-0.39, 0.29) is 5.91 Å². The lowest BCUT2D eigenvalue weighted by molar-refractivity contribution is -0.144. The molecule has 0 aliphatic heterocycles. The van der Waals surface area contributed by atoms with Gasteiger partial charge in [-0.15, -0.1) is 0 Å². The minimum absolute atomic E-state index is 0.329. The Kier molecular flexibility index (Phi) is 9.51. The molecular weight excluding hydrogens is 454 g/mol. The second-order valence-corrected chi connectivity index (χ2v) is 8.95. The fraction of sp³-hybridized carbons (Fsp3) is 0.333. The molecular formula is C30H35NO5. The van der Waals surface area contributed by atoms with Crippen molar-refractivity contribution in [3.63, 3.8) is 0 Å². The maximum Gasteiger partial charge on any atom is 0.323 e. The Hall–Kier alpha value is -3.80. The molecule has 1 N–H and O–H groups in total. The van der Waals surface area contributed by atoms with Gasteiger partial charge in [0.25, 0.3) is 0 Å². The average molecular weight is 490 g/mol. The fourth-order valence-electron chi connectivity index (χ4n) is 3.78. The molecule has 0 aliphatic rings. The lowest BCUT2D eigenvalue weighted by Gasteiger charge is -2.28. The molecule has 0 aliphatic carbocycles. The van der Waals surface area contributed by atoms with Gasteiger partial charge in [-0.05, 0) is 60.7 Å². The monoisotopic (exact) mass is 489 g/mol. The third kappa shape index (κ3) is 7.87. The van der Waals surface area contributed by atoms with E-state index in [1.165, 1.54) is 0 Å². The third-order valence-electron chi connectivity index (χ3n) is 5.68. The molecule has 3 aromatic carbocycles. The van der Waals surface area contributed by atoms with E-state index in [0.717, 1.165) is 23.3 Å². The first-order valence-corrected chi connectivity index (χ1v) is 12.4. The highest BCUT2D eigenvalue weighted by atomic mass is 16.7. The lowest BCUT2D eigenvalue weighted by atomic mass is 10.1. The lowest BCUT2D eigenvalue weighted by Crippen LogP contribution is -2.38. The SMILES string of the molecule is CCc1ccccc1OC(C)(C)Oc1ccc(CCNC(=O)[C@@H](CC)C(=O)Oc2ccccc2)cc1. The summed E-state index contributed by atoms with van der Waals surface area (Å²) in [5, 5.41) is 2.85. The van der Waals surface area contributed by atoms with Crippen LogP contribution in [0.25, 0.3) is 0 Å². The van der Waals surface area contributed by atoms with Crippen molar-refractivity contribution in [2.24, 2.45) is 5.92 Å². The molecule has 0 radical (unpaired) electrons. The zero-order chi connectivity index (χ0) is 26.0. The predicted octanol–water partition coefficient (Wildman–Crippen LogP) is 5.73. The summed E-state index contributed by atoms with van der Waals surface area (Å²) in [6.07, 6.45) is 1.87. The van der Waals surface area contributed by atoms with Crippen molar-refractivity contribution in [1.29, 1.82) is 0 Å². The molecule has 0 heterocycles. The van der Waals surface area contributed by atoms with Crippen LogP contribution in [-0.2, 0) is 22.4 Å². The van der Waals surface area contributed by atoms with Crippen LogP contribution < -0.4 is 19.5 Å². The number of ether oxygens (including phenoxy) is 3. The summed E-state index contributed by atoms with van der Waals surface area (Å²) < 4.78 is 17.5. The maximum absolute atomic E-state index is 12.6. The number of hydrogen-bond acceptors (Lipinski definition) is 5. The zero-order valence-electron chi connectivity index (χ0n) is 21.5. The Morgan fingerprint density at radius 2 is 1.50 bits per heavy atom. The zero-order valence-corrected chi connectivity index (χ0v) is 21.5. The summed E-state index contributed by atoms with van der Waals surface area (Å²) in [6, 6.07) is 24.4. The molecule has 0 saturated carbocycles. The average Bonchev–Trinajstić information content (AvgIpc) is 2.86. The van der Waals surface area contributed by atoms with E-state index in [4.69, 9.17) is 14.2 Å². The standard InChI is InChI=1S/C30H35NO5/c1-5-23-12-10-11-15-27(23)36-30(3,4)35-25-18-16-22(17-19-25)20-21-31-28(32)26(6-2)29(33)34-24-13-8-7-9-14-24/h7-19,26H,5-6,20-21H2,1-4H3,(H,31,32)/t26-/m1/s1. The summed E-state index contributed by atoms with van der Waals surface area (Å²) in [7, 11) is 0. The molecule has 0 unspecified atom stereocenters. The quantitative estimate of drug-likeness (QED) is 0.152. The Balaban J connectivity index is 1.48. The van der Waals surface area contributed by atoms with Gasteiger partial charge in [0, 0.05) is 20.4 Å². The number of aryl methyl sites for hydroxylation is 1. The van der Waals surface area contributed by atoms with Gasteiger partial charge in [-0.25, -0.2) is 0 Å². The number of carbonyl (C=O) groups is 2. The highest BCUT2D eigenvalue weighted by Gasteiger charge is 2.26. The molecule has 0 saturated heterocycles. The van der Waals surface area contributed by atoms with Gasteiger partial charge in [-0.1, -0.05) is 62.4 Å². The number of hydrogen-bond donors (Lipinski definition) is 1. The number of esters is 1. The van der Waals surface area contributed by atoms with Gasteiger partial charge in [-0.3, -0.25) is 9.59 Å². The van der Waals surface area contributed by atoms with Gasteiger partial charge in [0.05, 0.1) is 0 Å². The molecule has 0 fully saturated rings. The van der Waals surface area contributed by atoms with Gasteiger partial charge in [0.1, 0.15) is 23.2 Å². The van der Waals surface area contributed by atoms with Crippen LogP contribution in [0.1, 0.15) is 45.2 Å². The van der Waals surface area contributed by atoms with Crippen LogP contribution in [0.2, 0.25) is 0 Å². The van der Waals surface area contributed by atoms with E-state index < -0.39 is 17.7 Å². The van der Waals surface area contributed by atoms with E-state index >= 15 is 0 Å². The van der Waals surface area contributed by atoms with E-state index in [1.807, 2.05) is 68.4 Å². The topological polar surface area (TPSA) is 73.9 Å². The molecule has 1 atom stereocenters. The van der Waals surface area contributed by atoms with E-state index in [2.05, 4.69) is 12.2 Å². The largest absolute Gasteiger partial charge is 0.453 e. The molecule has 36 heavy (non-hydrogen) atoms. The molecule has 6 heteroatoms. The Morgan fingerprint density at radius 1 is 0.833 bits per heavy atom. The van der Waals surface area contributed by atoms with Crippen molar-refractivity contribution in [3.05, 3.63) is 90.0 Å². The van der Waals surface area contributed by atoms with E-state index in [0.29, 0.717) is 30.9 Å². The van der Waals surface area contributed by atoms with Crippen molar-refractivity contribution in [2.75, 3.05) is 6.54 Å².